The van der Waals surface area contributed by atoms with Gasteiger partial charge in [-0.1, -0.05) is 42.3 Å². The van der Waals surface area contributed by atoms with Gasteiger partial charge in [0.15, 0.2) is 0 Å². The number of benzene rings is 2. The van der Waals surface area contributed by atoms with Crippen molar-refractivity contribution in [2.75, 3.05) is 26.3 Å². The third-order valence-corrected chi connectivity index (χ3v) is 5.66. The second-order valence-electron chi connectivity index (χ2n) is 8.54. The first-order chi connectivity index (χ1) is 16.1. The van der Waals surface area contributed by atoms with Crippen LogP contribution in [0.3, 0.4) is 0 Å². The Morgan fingerprint density at radius 1 is 1.15 bits per heavy atom. The SMILES string of the molecule is C#CCOC[C@H](O)CN(Cc1c(C)nn(-c2ccccc2)c1Oc1ccccc1)CC1CC1. The zero-order chi connectivity index (χ0) is 23.0. The van der Waals surface area contributed by atoms with Gasteiger partial charge in [0.1, 0.15) is 12.4 Å². The predicted molar refractivity (Wildman–Crippen MR) is 128 cm³/mol. The molecule has 1 fully saturated rings. The molecule has 0 bridgehead atoms. The summed E-state index contributed by atoms with van der Waals surface area (Å²) < 4.78 is 13.6. The van der Waals surface area contributed by atoms with Crippen molar-refractivity contribution in [2.24, 2.45) is 5.92 Å². The summed E-state index contributed by atoms with van der Waals surface area (Å²) >= 11 is 0. The van der Waals surface area contributed by atoms with E-state index in [0.29, 0.717) is 24.9 Å². The third-order valence-electron chi connectivity index (χ3n) is 5.66. The Kier molecular flexibility index (Phi) is 7.79. The highest BCUT2D eigenvalue weighted by molar-refractivity contribution is 5.43. The number of para-hydroxylation sites is 2. The van der Waals surface area contributed by atoms with E-state index in [2.05, 4.69) is 10.8 Å². The molecule has 0 spiro atoms. The number of nitrogens with zero attached hydrogens (tertiary/aromatic N) is 3. The van der Waals surface area contributed by atoms with E-state index in [9.17, 15) is 5.11 Å². The van der Waals surface area contributed by atoms with Crippen molar-refractivity contribution >= 4 is 0 Å². The average Bonchev–Trinajstić information content (AvgIpc) is 3.60. The van der Waals surface area contributed by atoms with Gasteiger partial charge in [-0.2, -0.15) is 5.10 Å². The fourth-order valence-corrected chi connectivity index (χ4v) is 3.87. The second kappa shape index (κ2) is 11.2. The lowest BCUT2D eigenvalue weighted by Gasteiger charge is -2.25. The van der Waals surface area contributed by atoms with Gasteiger partial charge >= 0.3 is 0 Å². The Balaban J connectivity index is 1.61. The fourth-order valence-electron chi connectivity index (χ4n) is 3.87. The van der Waals surface area contributed by atoms with Gasteiger partial charge in [-0.15, -0.1) is 6.42 Å². The van der Waals surface area contributed by atoms with E-state index in [0.717, 1.165) is 29.2 Å². The van der Waals surface area contributed by atoms with E-state index in [1.807, 2.05) is 72.3 Å². The van der Waals surface area contributed by atoms with Crippen LogP contribution in [0.4, 0.5) is 0 Å². The van der Waals surface area contributed by atoms with E-state index in [4.69, 9.17) is 21.0 Å². The molecular formula is C27H31N3O3. The second-order valence-corrected chi connectivity index (χ2v) is 8.54. The molecule has 1 aromatic heterocycles. The zero-order valence-corrected chi connectivity index (χ0v) is 19.1. The fraction of sp³-hybridized carbons (Fsp3) is 0.370. The normalized spacial score (nSPS) is 14.2. The van der Waals surface area contributed by atoms with Crippen LogP contribution in [0.25, 0.3) is 5.69 Å². The van der Waals surface area contributed by atoms with Crippen LogP contribution in [-0.4, -0.2) is 52.2 Å². The van der Waals surface area contributed by atoms with Crippen molar-refractivity contribution in [3.63, 3.8) is 0 Å². The van der Waals surface area contributed by atoms with Gasteiger partial charge in [-0.05, 0) is 49.9 Å². The predicted octanol–water partition coefficient (Wildman–Crippen LogP) is 4.20. The maximum Gasteiger partial charge on any atom is 0.227 e. The molecule has 6 nitrogen and oxygen atoms in total. The highest BCUT2D eigenvalue weighted by atomic mass is 16.5. The van der Waals surface area contributed by atoms with Gasteiger partial charge < -0.3 is 14.6 Å². The van der Waals surface area contributed by atoms with Crippen molar-refractivity contribution in [3.05, 3.63) is 71.9 Å². The number of hydrogen-bond donors (Lipinski definition) is 1. The lowest BCUT2D eigenvalue weighted by molar-refractivity contribution is 0.0250. The first kappa shape index (κ1) is 23.1. The van der Waals surface area contributed by atoms with E-state index in [1.165, 1.54) is 12.8 Å². The monoisotopic (exact) mass is 445 g/mol. The van der Waals surface area contributed by atoms with Gasteiger partial charge in [-0.3, -0.25) is 4.90 Å². The van der Waals surface area contributed by atoms with Crippen LogP contribution in [0, 0.1) is 25.2 Å². The first-order valence-electron chi connectivity index (χ1n) is 11.4. The molecule has 1 atom stereocenters. The van der Waals surface area contributed by atoms with Gasteiger partial charge in [0.2, 0.25) is 5.88 Å². The number of hydrogen-bond acceptors (Lipinski definition) is 5. The van der Waals surface area contributed by atoms with Gasteiger partial charge in [-0.25, -0.2) is 4.68 Å². The Bertz CT molecular complexity index is 1060. The third kappa shape index (κ3) is 6.45. The number of terminal acetylenes is 1. The number of aliphatic hydroxyl groups excluding tert-OH is 1. The van der Waals surface area contributed by atoms with Crippen LogP contribution in [0.1, 0.15) is 24.1 Å². The molecule has 1 heterocycles. The summed E-state index contributed by atoms with van der Waals surface area (Å²) in [5, 5.41) is 15.3. The molecule has 0 aliphatic heterocycles. The molecule has 1 N–H and O–H groups in total. The summed E-state index contributed by atoms with van der Waals surface area (Å²) in [5.74, 6) is 4.57. The number of aliphatic hydroxyl groups is 1. The first-order valence-corrected chi connectivity index (χ1v) is 11.4. The molecule has 0 saturated heterocycles. The Morgan fingerprint density at radius 2 is 1.85 bits per heavy atom. The van der Waals surface area contributed by atoms with E-state index < -0.39 is 6.10 Å². The van der Waals surface area contributed by atoms with Gasteiger partial charge in [0, 0.05) is 19.6 Å². The molecular weight excluding hydrogens is 414 g/mol. The Labute approximate surface area is 195 Å². The van der Waals surface area contributed by atoms with Crippen LogP contribution in [-0.2, 0) is 11.3 Å². The van der Waals surface area contributed by atoms with Crippen LogP contribution >= 0.6 is 0 Å². The molecule has 1 aliphatic carbocycles. The van der Waals surface area contributed by atoms with Crippen LogP contribution in [0.15, 0.2) is 60.7 Å². The molecule has 0 radical (unpaired) electrons. The standard InChI is InChI=1S/C27H31N3O3/c1-3-16-32-20-24(31)18-29(17-22-14-15-22)19-26-21(2)28-30(23-10-6-4-7-11-23)27(26)33-25-12-8-5-9-13-25/h1,4-13,22,24,31H,14-20H2,2H3/t24-/m1/s1. The molecule has 172 valence electrons. The highest BCUT2D eigenvalue weighted by Crippen LogP contribution is 2.34. The molecule has 1 saturated carbocycles. The number of rotatable bonds is 12. The summed E-state index contributed by atoms with van der Waals surface area (Å²) in [6.45, 7) is 4.49. The number of aryl methyl sites for hydroxylation is 1. The average molecular weight is 446 g/mol. The van der Waals surface area contributed by atoms with Crippen molar-refractivity contribution in [2.45, 2.75) is 32.4 Å². The van der Waals surface area contributed by atoms with Crippen LogP contribution < -0.4 is 4.74 Å². The highest BCUT2D eigenvalue weighted by Gasteiger charge is 2.28. The van der Waals surface area contributed by atoms with Gasteiger partial charge in [0.05, 0.1) is 29.7 Å². The maximum absolute atomic E-state index is 10.5. The molecule has 0 amide bonds. The van der Waals surface area contributed by atoms with Gasteiger partial charge in [0.25, 0.3) is 0 Å². The molecule has 3 aromatic rings. The zero-order valence-electron chi connectivity index (χ0n) is 19.1. The minimum absolute atomic E-state index is 0.206. The molecule has 2 aromatic carbocycles. The molecule has 6 heteroatoms. The smallest absolute Gasteiger partial charge is 0.227 e. The summed E-state index contributed by atoms with van der Waals surface area (Å²) in [7, 11) is 0. The summed E-state index contributed by atoms with van der Waals surface area (Å²) in [5.41, 5.74) is 2.86. The van der Waals surface area contributed by atoms with Crippen molar-refractivity contribution in [1.29, 1.82) is 0 Å². The summed E-state index contributed by atoms with van der Waals surface area (Å²) in [6.07, 6.45) is 7.10. The lowest BCUT2D eigenvalue weighted by atomic mass is 10.2. The van der Waals surface area contributed by atoms with Crippen molar-refractivity contribution in [3.8, 4) is 29.7 Å². The summed E-state index contributed by atoms with van der Waals surface area (Å²) in [6, 6.07) is 19.8. The maximum atomic E-state index is 10.5. The minimum Gasteiger partial charge on any atom is -0.439 e. The number of aromatic nitrogens is 2. The summed E-state index contributed by atoms with van der Waals surface area (Å²) in [4.78, 5) is 2.28. The Hall–Kier alpha value is -3.11. The molecule has 33 heavy (non-hydrogen) atoms. The van der Waals surface area contributed by atoms with Crippen molar-refractivity contribution in [1.82, 2.24) is 14.7 Å². The topological polar surface area (TPSA) is 59.8 Å². The Morgan fingerprint density at radius 3 is 2.52 bits per heavy atom. The minimum atomic E-state index is -0.611. The molecule has 1 aliphatic rings. The van der Waals surface area contributed by atoms with E-state index in [-0.39, 0.29) is 13.2 Å². The molecule has 0 unspecified atom stereocenters. The van der Waals surface area contributed by atoms with Crippen molar-refractivity contribution < 1.29 is 14.6 Å². The molecule has 4 rings (SSSR count). The number of ether oxygens (including phenoxy) is 2. The van der Waals surface area contributed by atoms with Crippen LogP contribution in [0.5, 0.6) is 11.6 Å². The quantitative estimate of drug-likeness (QED) is 0.335. The van der Waals surface area contributed by atoms with E-state index >= 15 is 0 Å². The van der Waals surface area contributed by atoms with Crippen LogP contribution in [0.2, 0.25) is 0 Å². The lowest BCUT2D eigenvalue weighted by Crippen LogP contribution is -2.36. The van der Waals surface area contributed by atoms with E-state index in [1.54, 1.807) is 0 Å². The largest absolute Gasteiger partial charge is 0.439 e.